The number of carbonyl (C=O) groups is 4. The molecular formula is C30H57N5O4. The highest BCUT2D eigenvalue weighted by Gasteiger charge is 2.38. The number of nitrogens with two attached hydrogens (primary N) is 2. The molecule has 0 aromatic rings. The van der Waals surface area contributed by atoms with Gasteiger partial charge < -0.3 is 27.0 Å². The fraction of sp³-hybridized carbons (Fsp3) is 0.867. The molecule has 0 bridgehead atoms. The largest absolute Gasteiger partial charge is 0.368 e. The zero-order valence-corrected chi connectivity index (χ0v) is 24.8. The number of likely N-dealkylation sites (tertiary alicyclic amines) is 1. The van der Waals surface area contributed by atoms with Crippen LogP contribution in [0.2, 0.25) is 0 Å². The Bertz CT molecular complexity index is 717. The number of hydrogen-bond donors (Lipinski definition) is 4. The number of unbranched alkanes of at least 4 members (excludes halogenated alkanes) is 13. The molecule has 1 rings (SSSR count). The first-order valence-corrected chi connectivity index (χ1v) is 15.7. The maximum Gasteiger partial charge on any atom is 0.245 e. The van der Waals surface area contributed by atoms with Crippen molar-refractivity contribution in [3.05, 3.63) is 0 Å². The van der Waals surface area contributed by atoms with Crippen LogP contribution in [0.5, 0.6) is 0 Å². The van der Waals surface area contributed by atoms with E-state index in [4.69, 9.17) is 11.5 Å². The Hall–Kier alpha value is -2.16. The predicted molar refractivity (Wildman–Crippen MR) is 157 cm³/mol. The molecule has 0 aliphatic carbocycles. The number of primary amides is 1. The number of amides is 4. The van der Waals surface area contributed by atoms with Gasteiger partial charge in [0.15, 0.2) is 0 Å². The number of nitrogens with zero attached hydrogens (tertiary/aromatic N) is 1. The van der Waals surface area contributed by atoms with Crippen molar-refractivity contribution in [1.29, 1.82) is 0 Å². The lowest BCUT2D eigenvalue weighted by Crippen LogP contribution is -2.55. The third-order valence-corrected chi connectivity index (χ3v) is 7.71. The zero-order valence-electron chi connectivity index (χ0n) is 24.8. The Morgan fingerprint density at radius 3 is 1.92 bits per heavy atom. The van der Waals surface area contributed by atoms with Crippen molar-refractivity contribution in [2.75, 3.05) is 13.1 Å². The van der Waals surface area contributed by atoms with Crippen LogP contribution in [0.1, 0.15) is 136 Å². The molecule has 6 N–H and O–H groups in total. The second-order valence-corrected chi connectivity index (χ2v) is 11.2. The van der Waals surface area contributed by atoms with Gasteiger partial charge in [-0.3, -0.25) is 19.2 Å². The first kappa shape index (κ1) is 34.9. The molecule has 226 valence electrons. The Kier molecular flexibility index (Phi) is 19.3. The summed E-state index contributed by atoms with van der Waals surface area (Å²) < 4.78 is 0. The van der Waals surface area contributed by atoms with Crippen LogP contribution in [0.4, 0.5) is 0 Å². The van der Waals surface area contributed by atoms with Crippen LogP contribution in [0.15, 0.2) is 0 Å². The topological polar surface area (TPSA) is 148 Å². The summed E-state index contributed by atoms with van der Waals surface area (Å²) in [5.41, 5.74) is 10.9. The first-order chi connectivity index (χ1) is 18.8. The van der Waals surface area contributed by atoms with Gasteiger partial charge in [0.2, 0.25) is 23.6 Å². The molecule has 0 aromatic carbocycles. The van der Waals surface area contributed by atoms with Crippen LogP contribution in [0.3, 0.4) is 0 Å². The highest BCUT2D eigenvalue weighted by atomic mass is 16.2. The lowest BCUT2D eigenvalue weighted by Gasteiger charge is -2.29. The zero-order chi connectivity index (χ0) is 28.9. The summed E-state index contributed by atoms with van der Waals surface area (Å²) >= 11 is 0. The second-order valence-electron chi connectivity index (χ2n) is 11.2. The van der Waals surface area contributed by atoms with Crippen LogP contribution in [0, 0.1) is 0 Å². The Labute approximate surface area is 237 Å². The standard InChI is InChI=1S/C30H57N5O4/c1-3-4-5-6-7-8-9-10-11-12-13-14-15-21-27(36)34-25(19-16-17-22-31)30(39)35-23-18-20-26(35)29(38)33-24(2)28(32)37/h24-26H,3-23,31H2,1-2H3,(H2,32,37)(H,33,38)(H,34,36)/t24-,25-,26-/m0/s1. The maximum absolute atomic E-state index is 13.4. The van der Waals surface area contributed by atoms with Crippen molar-refractivity contribution in [2.45, 2.75) is 154 Å². The molecule has 0 unspecified atom stereocenters. The van der Waals surface area contributed by atoms with Crippen molar-refractivity contribution in [3.8, 4) is 0 Å². The SMILES string of the molecule is CCCCCCCCCCCCCCCC(=O)N[C@@H](CCCCN)C(=O)N1CCC[C@H]1C(=O)N[C@@H](C)C(N)=O. The minimum Gasteiger partial charge on any atom is -0.368 e. The highest BCUT2D eigenvalue weighted by Crippen LogP contribution is 2.20. The average Bonchev–Trinajstić information content (AvgIpc) is 3.40. The summed E-state index contributed by atoms with van der Waals surface area (Å²) in [7, 11) is 0. The van der Waals surface area contributed by atoms with Crippen molar-refractivity contribution in [1.82, 2.24) is 15.5 Å². The predicted octanol–water partition coefficient (Wildman–Crippen LogP) is 4.06. The Morgan fingerprint density at radius 1 is 0.821 bits per heavy atom. The molecular weight excluding hydrogens is 494 g/mol. The van der Waals surface area contributed by atoms with Gasteiger partial charge in [-0.05, 0) is 52.0 Å². The van der Waals surface area contributed by atoms with Gasteiger partial charge in [-0.25, -0.2) is 0 Å². The molecule has 9 nitrogen and oxygen atoms in total. The molecule has 3 atom stereocenters. The van der Waals surface area contributed by atoms with Crippen molar-refractivity contribution in [2.24, 2.45) is 11.5 Å². The molecule has 1 saturated heterocycles. The molecule has 0 spiro atoms. The van der Waals surface area contributed by atoms with E-state index in [2.05, 4.69) is 17.6 Å². The molecule has 4 amide bonds. The van der Waals surface area contributed by atoms with Crippen LogP contribution in [-0.4, -0.2) is 59.7 Å². The average molecular weight is 552 g/mol. The Morgan fingerprint density at radius 2 is 1.38 bits per heavy atom. The van der Waals surface area contributed by atoms with Crippen LogP contribution >= 0.6 is 0 Å². The van der Waals surface area contributed by atoms with Gasteiger partial charge in [0.05, 0.1) is 0 Å². The smallest absolute Gasteiger partial charge is 0.245 e. The lowest BCUT2D eigenvalue weighted by molar-refractivity contribution is -0.142. The van der Waals surface area contributed by atoms with Crippen molar-refractivity contribution >= 4 is 23.6 Å². The normalized spacial score (nSPS) is 16.6. The summed E-state index contributed by atoms with van der Waals surface area (Å²) in [5, 5.41) is 5.53. The van der Waals surface area contributed by atoms with Gasteiger partial charge >= 0.3 is 0 Å². The van der Waals surface area contributed by atoms with Crippen LogP contribution in [-0.2, 0) is 19.2 Å². The summed E-state index contributed by atoms with van der Waals surface area (Å²) in [5.74, 6) is -1.37. The van der Waals surface area contributed by atoms with Gasteiger partial charge in [0.1, 0.15) is 18.1 Å². The summed E-state index contributed by atoms with van der Waals surface area (Å²) in [6, 6.07) is -2.14. The van der Waals surface area contributed by atoms with Crippen molar-refractivity contribution in [3.63, 3.8) is 0 Å². The summed E-state index contributed by atoms with van der Waals surface area (Å²) in [6.07, 6.45) is 19.8. The molecule has 1 heterocycles. The van der Waals surface area contributed by atoms with E-state index in [1.165, 1.54) is 71.1 Å². The van der Waals surface area contributed by atoms with Gasteiger partial charge in [-0.15, -0.1) is 0 Å². The number of carbonyl (C=O) groups excluding carboxylic acids is 4. The van der Waals surface area contributed by atoms with Gasteiger partial charge in [-0.1, -0.05) is 84.0 Å². The van der Waals surface area contributed by atoms with E-state index in [-0.39, 0.29) is 17.7 Å². The molecule has 39 heavy (non-hydrogen) atoms. The molecule has 1 aliphatic rings. The third kappa shape index (κ3) is 15.3. The van der Waals surface area contributed by atoms with E-state index >= 15 is 0 Å². The minimum atomic E-state index is -0.810. The van der Waals surface area contributed by atoms with E-state index in [0.29, 0.717) is 38.8 Å². The van der Waals surface area contributed by atoms with Crippen LogP contribution < -0.4 is 22.1 Å². The van der Waals surface area contributed by atoms with E-state index in [9.17, 15) is 19.2 Å². The quantitative estimate of drug-likeness (QED) is 0.141. The van der Waals surface area contributed by atoms with E-state index in [0.717, 1.165) is 32.1 Å². The van der Waals surface area contributed by atoms with E-state index in [1.807, 2.05) is 0 Å². The van der Waals surface area contributed by atoms with Gasteiger partial charge in [0.25, 0.3) is 0 Å². The van der Waals surface area contributed by atoms with E-state index in [1.54, 1.807) is 4.90 Å². The molecule has 9 heteroatoms. The van der Waals surface area contributed by atoms with Gasteiger partial charge in [-0.2, -0.15) is 0 Å². The minimum absolute atomic E-state index is 0.119. The monoisotopic (exact) mass is 551 g/mol. The third-order valence-electron chi connectivity index (χ3n) is 7.71. The molecule has 1 aliphatic heterocycles. The number of nitrogens with one attached hydrogen (secondary N) is 2. The fourth-order valence-electron chi connectivity index (χ4n) is 5.20. The summed E-state index contributed by atoms with van der Waals surface area (Å²) in [6.45, 7) is 4.74. The maximum atomic E-state index is 13.4. The molecule has 0 saturated carbocycles. The first-order valence-electron chi connectivity index (χ1n) is 15.7. The molecule has 0 aromatic heterocycles. The fourth-order valence-corrected chi connectivity index (χ4v) is 5.20. The van der Waals surface area contributed by atoms with Gasteiger partial charge in [0, 0.05) is 13.0 Å². The highest BCUT2D eigenvalue weighted by molar-refractivity contribution is 5.94. The Balaban J connectivity index is 2.39. The second kappa shape index (κ2) is 21.6. The molecule has 0 radical (unpaired) electrons. The number of rotatable bonds is 23. The lowest BCUT2D eigenvalue weighted by atomic mass is 10.0. The molecule has 1 fully saturated rings. The number of hydrogen-bond acceptors (Lipinski definition) is 5. The van der Waals surface area contributed by atoms with E-state index < -0.39 is 24.0 Å². The van der Waals surface area contributed by atoms with Crippen LogP contribution in [0.25, 0.3) is 0 Å². The van der Waals surface area contributed by atoms with Crippen molar-refractivity contribution < 1.29 is 19.2 Å². The summed E-state index contributed by atoms with van der Waals surface area (Å²) in [4.78, 5) is 51.7.